The first-order valence-corrected chi connectivity index (χ1v) is 12.6. The van der Waals surface area contributed by atoms with Gasteiger partial charge in [-0.25, -0.2) is 0 Å². The summed E-state index contributed by atoms with van der Waals surface area (Å²) in [7, 11) is 2.13. The van der Waals surface area contributed by atoms with E-state index in [1.54, 1.807) is 6.92 Å². The van der Waals surface area contributed by atoms with Gasteiger partial charge in [0.1, 0.15) is 6.04 Å². The molecule has 0 bridgehead atoms. The number of carbonyl (C=O) groups is 3. The summed E-state index contributed by atoms with van der Waals surface area (Å²) in [6, 6.07) is 0.272. The Morgan fingerprint density at radius 1 is 1.06 bits per heavy atom. The quantitative estimate of drug-likeness (QED) is 0.688. The minimum atomic E-state index is -0.348. The van der Waals surface area contributed by atoms with Gasteiger partial charge in [0, 0.05) is 58.3 Å². The Labute approximate surface area is 191 Å². The smallest absolute Gasteiger partial charge is 0.243 e. The number of likely N-dealkylation sites (N-methyl/N-ethyl adjacent to an activating group) is 1. The molecule has 3 amide bonds. The highest BCUT2D eigenvalue weighted by molar-refractivity contribution is 5.92. The fraction of sp³-hybridized carbons (Fsp3) is 0.875. The van der Waals surface area contributed by atoms with Crippen LogP contribution in [-0.4, -0.2) is 107 Å². The number of nitrogens with zero attached hydrogens (tertiary/aromatic N) is 4. The van der Waals surface area contributed by atoms with Gasteiger partial charge in [0.25, 0.3) is 0 Å². The molecule has 4 aliphatic heterocycles. The number of hydrogen-bond donors (Lipinski definition) is 1. The van der Waals surface area contributed by atoms with Crippen molar-refractivity contribution in [1.29, 1.82) is 0 Å². The van der Waals surface area contributed by atoms with Crippen LogP contribution < -0.4 is 5.32 Å². The summed E-state index contributed by atoms with van der Waals surface area (Å²) in [5.41, 5.74) is -0.348. The van der Waals surface area contributed by atoms with E-state index in [0.29, 0.717) is 25.4 Å². The molecular formula is C24H39N5O3. The van der Waals surface area contributed by atoms with Crippen LogP contribution in [0, 0.1) is 5.92 Å². The SMILES string of the molecule is CC(=O)N1CCC(N(C)[C@H]2C[C@H]3C(=O)NC4(CCN(CC5CC5)CC4)CC(=O)N3C2)CC1. The lowest BCUT2D eigenvalue weighted by Gasteiger charge is -2.41. The molecule has 1 aliphatic carbocycles. The predicted molar refractivity (Wildman–Crippen MR) is 121 cm³/mol. The summed E-state index contributed by atoms with van der Waals surface area (Å²) in [6.07, 6.45) is 7.56. The number of piperidine rings is 2. The molecule has 4 saturated heterocycles. The Kier molecular flexibility index (Phi) is 5.95. The number of rotatable bonds is 4. The molecule has 2 atom stereocenters. The van der Waals surface area contributed by atoms with Crippen molar-refractivity contribution >= 4 is 17.7 Å². The largest absolute Gasteiger partial charge is 0.348 e. The predicted octanol–water partition coefficient (Wildman–Crippen LogP) is 0.663. The molecule has 8 nitrogen and oxygen atoms in total. The molecule has 0 aromatic heterocycles. The summed E-state index contributed by atoms with van der Waals surface area (Å²) < 4.78 is 0. The first kappa shape index (κ1) is 22.1. The average Bonchev–Trinajstić information content (AvgIpc) is 3.49. The van der Waals surface area contributed by atoms with Crippen LogP contribution in [0.2, 0.25) is 0 Å². The molecule has 32 heavy (non-hydrogen) atoms. The molecule has 8 heteroatoms. The van der Waals surface area contributed by atoms with Crippen LogP contribution in [0.5, 0.6) is 0 Å². The lowest BCUT2D eigenvalue weighted by Crippen LogP contribution is -2.56. The number of hydrogen-bond acceptors (Lipinski definition) is 5. The van der Waals surface area contributed by atoms with Crippen LogP contribution in [0.3, 0.4) is 0 Å². The maximum atomic E-state index is 13.3. The van der Waals surface area contributed by atoms with E-state index < -0.39 is 0 Å². The maximum Gasteiger partial charge on any atom is 0.243 e. The molecule has 1 N–H and O–H groups in total. The summed E-state index contributed by atoms with van der Waals surface area (Å²) in [5.74, 6) is 1.22. The number of fused-ring (bicyclic) bond motifs is 1. The zero-order valence-corrected chi connectivity index (χ0v) is 19.7. The standard InChI is InChI=1S/C24H39N5O3/c1-17(30)28-9-5-19(6-10-28)26(2)20-13-21-23(32)25-24(14-22(31)29(21)16-20)7-11-27(12-8-24)15-18-3-4-18/h18-21H,3-16H2,1-2H3,(H,25,32)/t20-,21-/m0/s1. The highest BCUT2D eigenvalue weighted by Gasteiger charge is 2.50. The van der Waals surface area contributed by atoms with Gasteiger partial charge in [0.15, 0.2) is 0 Å². The molecule has 1 spiro atoms. The number of nitrogens with one attached hydrogen (secondary N) is 1. The first-order chi connectivity index (χ1) is 15.3. The van der Waals surface area contributed by atoms with Crippen LogP contribution in [0.1, 0.15) is 58.3 Å². The van der Waals surface area contributed by atoms with Crippen LogP contribution in [0.15, 0.2) is 0 Å². The van der Waals surface area contributed by atoms with E-state index in [9.17, 15) is 14.4 Å². The Hall–Kier alpha value is -1.67. The van der Waals surface area contributed by atoms with Gasteiger partial charge in [-0.3, -0.25) is 19.3 Å². The lowest BCUT2D eigenvalue weighted by molar-refractivity contribution is -0.136. The fourth-order valence-corrected chi connectivity index (χ4v) is 6.43. The molecular weight excluding hydrogens is 406 g/mol. The highest BCUT2D eigenvalue weighted by atomic mass is 16.2. The Morgan fingerprint density at radius 2 is 1.75 bits per heavy atom. The number of carbonyl (C=O) groups excluding carboxylic acids is 3. The van der Waals surface area contributed by atoms with Gasteiger partial charge in [-0.1, -0.05) is 0 Å². The molecule has 178 valence electrons. The first-order valence-electron chi connectivity index (χ1n) is 12.6. The number of amides is 3. The average molecular weight is 446 g/mol. The van der Waals surface area contributed by atoms with E-state index in [-0.39, 0.29) is 35.3 Å². The van der Waals surface area contributed by atoms with E-state index in [1.165, 1.54) is 19.4 Å². The van der Waals surface area contributed by atoms with E-state index in [0.717, 1.165) is 57.8 Å². The second-order valence-electron chi connectivity index (χ2n) is 11.0. The Bertz CT molecular complexity index is 725. The van der Waals surface area contributed by atoms with E-state index in [2.05, 4.69) is 22.2 Å². The monoisotopic (exact) mass is 445 g/mol. The zero-order valence-electron chi connectivity index (χ0n) is 19.7. The number of likely N-dealkylation sites (tertiary alicyclic amines) is 2. The van der Waals surface area contributed by atoms with Crippen molar-refractivity contribution in [2.75, 3.05) is 46.3 Å². The van der Waals surface area contributed by atoms with Crippen molar-refractivity contribution in [2.24, 2.45) is 5.92 Å². The molecule has 4 heterocycles. The molecule has 0 unspecified atom stereocenters. The molecule has 0 aromatic carbocycles. The second kappa shape index (κ2) is 8.60. The van der Waals surface area contributed by atoms with Crippen LogP contribution in [0.4, 0.5) is 0 Å². The van der Waals surface area contributed by atoms with Gasteiger partial charge >= 0.3 is 0 Å². The maximum absolute atomic E-state index is 13.3. The van der Waals surface area contributed by atoms with Gasteiger partial charge in [-0.2, -0.15) is 0 Å². The van der Waals surface area contributed by atoms with Crippen molar-refractivity contribution in [2.45, 2.75) is 82.0 Å². The molecule has 0 radical (unpaired) electrons. The van der Waals surface area contributed by atoms with Gasteiger partial charge in [-0.15, -0.1) is 0 Å². The third-order valence-corrected chi connectivity index (χ3v) is 8.87. The van der Waals surface area contributed by atoms with Gasteiger partial charge < -0.3 is 20.0 Å². The van der Waals surface area contributed by atoms with Crippen LogP contribution in [-0.2, 0) is 14.4 Å². The van der Waals surface area contributed by atoms with Crippen molar-refractivity contribution in [3.8, 4) is 0 Å². The topological polar surface area (TPSA) is 76.2 Å². The Balaban J connectivity index is 1.18. The minimum Gasteiger partial charge on any atom is -0.348 e. The molecule has 5 aliphatic rings. The normalized spacial score (nSPS) is 31.7. The van der Waals surface area contributed by atoms with Crippen LogP contribution in [0.25, 0.3) is 0 Å². The van der Waals surface area contributed by atoms with Crippen molar-refractivity contribution in [3.05, 3.63) is 0 Å². The highest BCUT2D eigenvalue weighted by Crippen LogP contribution is 2.36. The Morgan fingerprint density at radius 3 is 2.38 bits per heavy atom. The van der Waals surface area contributed by atoms with Crippen molar-refractivity contribution in [1.82, 2.24) is 24.9 Å². The minimum absolute atomic E-state index is 0.0498. The van der Waals surface area contributed by atoms with E-state index in [1.807, 2.05) is 9.80 Å². The van der Waals surface area contributed by atoms with E-state index in [4.69, 9.17) is 0 Å². The van der Waals surface area contributed by atoms with Crippen LogP contribution >= 0.6 is 0 Å². The van der Waals surface area contributed by atoms with Crippen molar-refractivity contribution < 1.29 is 14.4 Å². The summed E-state index contributed by atoms with van der Waals surface area (Å²) >= 11 is 0. The molecule has 5 rings (SSSR count). The summed E-state index contributed by atoms with van der Waals surface area (Å²) in [4.78, 5) is 46.9. The third-order valence-electron chi connectivity index (χ3n) is 8.87. The fourth-order valence-electron chi connectivity index (χ4n) is 6.43. The molecule has 5 fully saturated rings. The summed E-state index contributed by atoms with van der Waals surface area (Å²) in [5, 5.41) is 3.35. The lowest BCUT2D eigenvalue weighted by atomic mass is 9.84. The van der Waals surface area contributed by atoms with Gasteiger partial charge in [-0.05, 0) is 57.9 Å². The van der Waals surface area contributed by atoms with Gasteiger partial charge in [0.05, 0.1) is 12.0 Å². The van der Waals surface area contributed by atoms with E-state index >= 15 is 0 Å². The molecule has 1 saturated carbocycles. The zero-order chi connectivity index (χ0) is 22.5. The summed E-state index contributed by atoms with van der Waals surface area (Å²) in [6.45, 7) is 7.03. The third kappa shape index (κ3) is 4.40. The van der Waals surface area contributed by atoms with Crippen molar-refractivity contribution in [3.63, 3.8) is 0 Å². The second-order valence-corrected chi connectivity index (χ2v) is 11.0. The van der Waals surface area contributed by atoms with Gasteiger partial charge in [0.2, 0.25) is 17.7 Å². The molecule has 0 aromatic rings.